The second-order valence-electron chi connectivity index (χ2n) is 4.78. The summed E-state index contributed by atoms with van der Waals surface area (Å²) in [4.78, 5) is 2.26. The topological polar surface area (TPSA) is 41.3 Å². The third-order valence-corrected chi connectivity index (χ3v) is 3.36. The molecule has 0 atom stereocenters. The van der Waals surface area contributed by atoms with E-state index in [0.717, 1.165) is 31.7 Å². The van der Waals surface area contributed by atoms with Gasteiger partial charge < -0.3 is 5.11 Å². The zero-order chi connectivity index (χ0) is 13.7. The molecule has 2 aromatic rings. The third-order valence-electron chi connectivity index (χ3n) is 3.36. The van der Waals surface area contributed by atoms with Crippen LogP contribution in [0, 0.1) is 0 Å². The van der Waals surface area contributed by atoms with Gasteiger partial charge >= 0.3 is 0 Å². The molecule has 1 N–H and O–H groups in total. The van der Waals surface area contributed by atoms with E-state index >= 15 is 0 Å². The normalized spacial score (nSPS) is 11.6. The number of hydrogen-bond acceptors (Lipinski definition) is 3. The lowest BCUT2D eigenvalue weighted by Gasteiger charge is -2.19. The molecule has 0 spiro atoms. The maximum atomic E-state index is 9.14. The number of aliphatic hydroxyl groups is 1. The van der Waals surface area contributed by atoms with Gasteiger partial charge in [-0.15, -0.1) is 0 Å². The number of benzene rings is 1. The Hall–Kier alpha value is -1.39. The molecule has 1 aromatic carbocycles. The van der Waals surface area contributed by atoms with Crippen molar-refractivity contribution < 1.29 is 5.11 Å². The molecule has 1 heterocycles. The van der Waals surface area contributed by atoms with Gasteiger partial charge in [0, 0.05) is 25.0 Å². The van der Waals surface area contributed by atoms with Crippen molar-refractivity contribution in [3.05, 3.63) is 30.0 Å². The van der Waals surface area contributed by atoms with E-state index in [1.54, 1.807) is 0 Å². The van der Waals surface area contributed by atoms with Gasteiger partial charge in [0.1, 0.15) is 0 Å². The van der Waals surface area contributed by atoms with Crippen molar-refractivity contribution in [1.29, 1.82) is 0 Å². The van der Waals surface area contributed by atoms with Crippen molar-refractivity contribution in [2.24, 2.45) is 0 Å². The van der Waals surface area contributed by atoms with Gasteiger partial charge in [-0.05, 0) is 26.0 Å². The first kappa shape index (κ1) is 14.0. The summed E-state index contributed by atoms with van der Waals surface area (Å²) in [7, 11) is 0. The minimum atomic E-state index is 0.201. The molecule has 0 saturated heterocycles. The molecule has 0 unspecified atom stereocenters. The van der Waals surface area contributed by atoms with E-state index in [1.165, 1.54) is 10.9 Å². The van der Waals surface area contributed by atoms with Crippen LogP contribution in [0.4, 0.5) is 0 Å². The number of fused-ring (bicyclic) bond motifs is 1. The minimum Gasteiger partial charge on any atom is -0.395 e. The first-order valence-corrected chi connectivity index (χ1v) is 7.07. The summed E-state index contributed by atoms with van der Waals surface area (Å²) in [5.74, 6) is 0. The van der Waals surface area contributed by atoms with Crippen molar-refractivity contribution in [2.75, 3.05) is 19.7 Å². The van der Waals surface area contributed by atoms with Crippen LogP contribution in [-0.2, 0) is 13.1 Å². The molecule has 19 heavy (non-hydrogen) atoms. The molecule has 1 aromatic heterocycles. The highest BCUT2D eigenvalue weighted by atomic mass is 16.3. The Balaban J connectivity index is 2.28. The van der Waals surface area contributed by atoms with Gasteiger partial charge in [0.05, 0.1) is 17.8 Å². The van der Waals surface area contributed by atoms with E-state index in [-0.39, 0.29) is 6.61 Å². The number of rotatable bonds is 7. The van der Waals surface area contributed by atoms with Crippen LogP contribution in [0.1, 0.15) is 26.0 Å². The summed E-state index contributed by atoms with van der Waals surface area (Å²) in [6.07, 6.45) is 1.09. The lowest BCUT2D eigenvalue weighted by atomic mass is 10.2. The van der Waals surface area contributed by atoms with Gasteiger partial charge in [-0.25, -0.2) is 0 Å². The fourth-order valence-corrected chi connectivity index (χ4v) is 2.49. The number of para-hydroxylation sites is 1. The number of aryl methyl sites for hydroxylation is 1. The SMILES string of the molecule is CCCN(CCO)Cc1nn(CC)c2ccccc12. The molecule has 104 valence electrons. The lowest BCUT2D eigenvalue weighted by Crippen LogP contribution is -2.27. The number of nitrogens with zero attached hydrogens (tertiary/aromatic N) is 3. The van der Waals surface area contributed by atoms with Gasteiger partial charge in [0.15, 0.2) is 0 Å². The molecular weight excluding hydrogens is 238 g/mol. The summed E-state index contributed by atoms with van der Waals surface area (Å²) in [5.41, 5.74) is 2.31. The molecule has 0 amide bonds. The molecule has 4 heteroatoms. The van der Waals surface area contributed by atoms with E-state index in [9.17, 15) is 0 Å². The minimum absolute atomic E-state index is 0.201. The number of aliphatic hydroxyl groups excluding tert-OH is 1. The fraction of sp³-hybridized carbons (Fsp3) is 0.533. The Bertz CT molecular complexity index is 515. The Morgan fingerprint density at radius 3 is 2.68 bits per heavy atom. The second-order valence-corrected chi connectivity index (χ2v) is 4.78. The van der Waals surface area contributed by atoms with Gasteiger partial charge in [0.2, 0.25) is 0 Å². The number of hydrogen-bond donors (Lipinski definition) is 1. The highest BCUT2D eigenvalue weighted by molar-refractivity contribution is 5.81. The summed E-state index contributed by atoms with van der Waals surface area (Å²) in [6.45, 7) is 7.87. The molecule has 0 aliphatic heterocycles. The van der Waals surface area contributed by atoms with Crippen LogP contribution in [0.2, 0.25) is 0 Å². The Morgan fingerprint density at radius 2 is 2.00 bits per heavy atom. The lowest BCUT2D eigenvalue weighted by molar-refractivity contribution is 0.189. The van der Waals surface area contributed by atoms with Crippen molar-refractivity contribution in [3.63, 3.8) is 0 Å². The summed E-state index contributed by atoms with van der Waals surface area (Å²) < 4.78 is 2.05. The van der Waals surface area contributed by atoms with E-state index in [1.807, 2.05) is 4.68 Å². The monoisotopic (exact) mass is 261 g/mol. The van der Waals surface area contributed by atoms with Gasteiger partial charge in [-0.2, -0.15) is 5.10 Å². The summed E-state index contributed by atoms with van der Waals surface area (Å²) in [5, 5.41) is 15.1. The van der Waals surface area contributed by atoms with Crippen LogP contribution in [0.3, 0.4) is 0 Å². The van der Waals surface area contributed by atoms with Crippen LogP contribution >= 0.6 is 0 Å². The highest BCUT2D eigenvalue weighted by Gasteiger charge is 2.12. The Morgan fingerprint density at radius 1 is 1.21 bits per heavy atom. The van der Waals surface area contributed by atoms with Crippen molar-refractivity contribution in [2.45, 2.75) is 33.4 Å². The molecule has 0 saturated carbocycles. The third kappa shape index (κ3) is 3.14. The molecule has 0 radical (unpaired) electrons. The van der Waals surface area contributed by atoms with Crippen LogP contribution in [0.25, 0.3) is 10.9 Å². The maximum Gasteiger partial charge on any atom is 0.0843 e. The van der Waals surface area contributed by atoms with E-state index in [2.05, 4.69) is 43.0 Å². The van der Waals surface area contributed by atoms with Crippen LogP contribution in [-0.4, -0.2) is 39.5 Å². The molecular formula is C15H23N3O. The molecule has 0 bridgehead atoms. The van der Waals surface area contributed by atoms with Crippen LogP contribution in [0.15, 0.2) is 24.3 Å². The Labute approximate surface area is 114 Å². The zero-order valence-corrected chi connectivity index (χ0v) is 11.8. The van der Waals surface area contributed by atoms with Crippen molar-refractivity contribution in [3.8, 4) is 0 Å². The van der Waals surface area contributed by atoms with E-state index < -0.39 is 0 Å². The Kier molecular flexibility index (Phi) is 4.93. The first-order chi connectivity index (χ1) is 9.30. The fourth-order valence-electron chi connectivity index (χ4n) is 2.49. The number of aromatic nitrogens is 2. The smallest absolute Gasteiger partial charge is 0.0843 e. The summed E-state index contributed by atoms with van der Waals surface area (Å²) in [6, 6.07) is 8.36. The van der Waals surface area contributed by atoms with Crippen molar-refractivity contribution >= 4 is 10.9 Å². The first-order valence-electron chi connectivity index (χ1n) is 7.07. The maximum absolute atomic E-state index is 9.14. The summed E-state index contributed by atoms with van der Waals surface area (Å²) >= 11 is 0. The largest absolute Gasteiger partial charge is 0.395 e. The van der Waals surface area contributed by atoms with Crippen LogP contribution in [0.5, 0.6) is 0 Å². The molecule has 0 fully saturated rings. The quantitative estimate of drug-likeness (QED) is 0.831. The molecule has 0 aliphatic rings. The van der Waals surface area contributed by atoms with Gasteiger partial charge in [-0.3, -0.25) is 9.58 Å². The predicted molar refractivity (Wildman–Crippen MR) is 78.1 cm³/mol. The molecule has 0 aliphatic carbocycles. The molecule has 2 rings (SSSR count). The van der Waals surface area contributed by atoms with Gasteiger partial charge in [0.25, 0.3) is 0 Å². The average molecular weight is 261 g/mol. The van der Waals surface area contributed by atoms with Gasteiger partial charge in [-0.1, -0.05) is 25.1 Å². The standard InChI is InChI=1S/C15H23N3O/c1-3-9-17(10-11-19)12-14-13-7-5-6-8-15(13)18(4-2)16-14/h5-8,19H,3-4,9-12H2,1-2H3. The second kappa shape index (κ2) is 6.68. The average Bonchev–Trinajstić information content (AvgIpc) is 2.78. The van der Waals surface area contributed by atoms with E-state index in [0.29, 0.717) is 6.54 Å². The van der Waals surface area contributed by atoms with Crippen LogP contribution < -0.4 is 0 Å². The highest BCUT2D eigenvalue weighted by Crippen LogP contribution is 2.19. The van der Waals surface area contributed by atoms with Crippen molar-refractivity contribution in [1.82, 2.24) is 14.7 Å². The predicted octanol–water partition coefficient (Wildman–Crippen LogP) is 2.26. The zero-order valence-electron chi connectivity index (χ0n) is 11.8. The molecule has 4 nitrogen and oxygen atoms in total. The van der Waals surface area contributed by atoms with E-state index in [4.69, 9.17) is 10.2 Å².